The second-order valence-corrected chi connectivity index (χ2v) is 9.55. The molecule has 180 valence electrons. The molecule has 2 aromatic heterocycles. The van der Waals surface area contributed by atoms with Gasteiger partial charge in [-0.2, -0.15) is 0 Å². The minimum absolute atomic E-state index is 0.113. The van der Waals surface area contributed by atoms with Crippen LogP contribution in [0.1, 0.15) is 39.7 Å². The Kier molecular flexibility index (Phi) is 5.60. The molecule has 0 bridgehead atoms. The van der Waals surface area contributed by atoms with Gasteiger partial charge in [0.1, 0.15) is 6.04 Å². The molecule has 1 N–H and O–H groups in total. The highest BCUT2D eigenvalue weighted by molar-refractivity contribution is 5.81. The van der Waals surface area contributed by atoms with Crippen molar-refractivity contribution < 1.29 is 0 Å². The van der Waals surface area contributed by atoms with Gasteiger partial charge >= 0.3 is 0 Å². The van der Waals surface area contributed by atoms with Crippen LogP contribution in [0.25, 0.3) is 10.9 Å². The van der Waals surface area contributed by atoms with Gasteiger partial charge < -0.3 is 9.88 Å². The van der Waals surface area contributed by atoms with Crippen molar-refractivity contribution in [3.8, 4) is 0 Å². The molecule has 0 saturated carbocycles. The number of nitrogens with one attached hydrogen (secondary N) is 1. The highest BCUT2D eigenvalue weighted by Crippen LogP contribution is 2.37. The van der Waals surface area contributed by atoms with E-state index in [1.807, 2.05) is 41.1 Å². The Morgan fingerprint density at radius 3 is 2.61 bits per heavy atom. The van der Waals surface area contributed by atoms with Gasteiger partial charge in [-0.3, -0.25) is 4.79 Å². The molecular weight excluding hydrogens is 448 g/mol. The largest absolute Gasteiger partial charge is 0.357 e. The molecule has 0 aliphatic carbocycles. The summed E-state index contributed by atoms with van der Waals surface area (Å²) in [5.74, 6) is 0.677. The van der Waals surface area contributed by atoms with E-state index in [1.54, 1.807) is 0 Å². The van der Waals surface area contributed by atoms with Crippen LogP contribution in [0.2, 0.25) is 0 Å². The Labute approximate surface area is 209 Å². The first-order valence-corrected chi connectivity index (χ1v) is 12.4. The lowest BCUT2D eigenvalue weighted by molar-refractivity contribution is 0.538. The number of nitrogens with zero attached hydrogens (tertiary/aromatic N) is 5. The fourth-order valence-electron chi connectivity index (χ4n) is 5.22. The maximum absolute atomic E-state index is 13.6. The average molecular weight is 477 g/mol. The van der Waals surface area contributed by atoms with Crippen LogP contribution in [-0.2, 0) is 19.4 Å². The number of benzene rings is 3. The van der Waals surface area contributed by atoms with Crippen molar-refractivity contribution in [2.45, 2.75) is 39.3 Å². The summed E-state index contributed by atoms with van der Waals surface area (Å²) < 4.78 is 1.85. The van der Waals surface area contributed by atoms with Gasteiger partial charge in [0.2, 0.25) is 0 Å². The molecule has 3 heterocycles. The summed E-state index contributed by atoms with van der Waals surface area (Å²) in [6, 6.07) is 24.5. The van der Waals surface area contributed by atoms with E-state index < -0.39 is 6.04 Å². The number of aryl methyl sites for hydroxylation is 4. The zero-order valence-corrected chi connectivity index (χ0v) is 20.5. The number of aromatic amines is 1. The number of hydrogen-bond donors (Lipinski definition) is 1. The monoisotopic (exact) mass is 476 g/mol. The first-order chi connectivity index (χ1) is 17.6. The van der Waals surface area contributed by atoms with Crippen LogP contribution in [0.4, 0.5) is 5.69 Å². The molecule has 5 aromatic rings. The molecule has 3 aromatic carbocycles. The van der Waals surface area contributed by atoms with Crippen molar-refractivity contribution in [3.63, 3.8) is 0 Å². The normalized spacial score (nSPS) is 13.8. The van der Waals surface area contributed by atoms with Crippen molar-refractivity contribution >= 4 is 16.6 Å². The van der Waals surface area contributed by atoms with Gasteiger partial charge in [-0.15, -0.1) is 5.10 Å². The number of para-hydroxylation sites is 1. The summed E-state index contributed by atoms with van der Waals surface area (Å²) in [5.41, 5.74) is 7.34. The smallest absolute Gasteiger partial charge is 0.254 e. The van der Waals surface area contributed by atoms with Gasteiger partial charge in [0.05, 0.1) is 0 Å². The third-order valence-electron chi connectivity index (χ3n) is 7.28. The Balaban J connectivity index is 1.48. The van der Waals surface area contributed by atoms with Gasteiger partial charge in [0.25, 0.3) is 5.56 Å². The molecule has 1 atom stereocenters. The van der Waals surface area contributed by atoms with Crippen LogP contribution in [0, 0.1) is 13.8 Å². The van der Waals surface area contributed by atoms with Crippen molar-refractivity contribution in [2.75, 3.05) is 11.4 Å². The lowest BCUT2D eigenvalue weighted by Crippen LogP contribution is -2.34. The van der Waals surface area contributed by atoms with E-state index in [2.05, 4.69) is 75.7 Å². The Hall–Kier alpha value is -4.26. The number of hydrogen-bond acceptors (Lipinski definition) is 5. The second-order valence-electron chi connectivity index (χ2n) is 9.55. The summed E-state index contributed by atoms with van der Waals surface area (Å²) in [4.78, 5) is 19.0. The predicted octanol–water partition coefficient (Wildman–Crippen LogP) is 4.53. The van der Waals surface area contributed by atoms with Crippen molar-refractivity contribution in [1.29, 1.82) is 0 Å². The van der Waals surface area contributed by atoms with Crippen LogP contribution in [0.3, 0.4) is 0 Å². The topological polar surface area (TPSA) is 79.7 Å². The molecule has 7 heteroatoms. The Morgan fingerprint density at radius 1 is 0.972 bits per heavy atom. The number of rotatable bonds is 6. The third kappa shape index (κ3) is 3.96. The van der Waals surface area contributed by atoms with Crippen LogP contribution in [0.15, 0.2) is 77.6 Å². The average Bonchev–Trinajstić information content (AvgIpc) is 3.53. The zero-order chi connectivity index (χ0) is 24.6. The van der Waals surface area contributed by atoms with Crippen molar-refractivity contribution in [1.82, 2.24) is 25.2 Å². The first-order valence-electron chi connectivity index (χ1n) is 12.4. The fraction of sp³-hybridized carbons (Fsp3) is 0.241. The van der Waals surface area contributed by atoms with Crippen LogP contribution in [0.5, 0.6) is 0 Å². The maximum atomic E-state index is 13.6. The third-order valence-corrected chi connectivity index (χ3v) is 7.28. The van der Waals surface area contributed by atoms with Crippen molar-refractivity contribution in [2.24, 2.45) is 0 Å². The van der Waals surface area contributed by atoms with E-state index >= 15 is 0 Å². The number of pyridine rings is 1. The fourth-order valence-corrected chi connectivity index (χ4v) is 5.22. The maximum Gasteiger partial charge on any atom is 0.254 e. The lowest BCUT2D eigenvalue weighted by Gasteiger charge is -2.29. The molecule has 0 spiro atoms. The summed E-state index contributed by atoms with van der Waals surface area (Å²) in [6.07, 6.45) is 1.72. The predicted molar refractivity (Wildman–Crippen MR) is 141 cm³/mol. The van der Waals surface area contributed by atoms with E-state index in [1.165, 1.54) is 16.7 Å². The summed E-state index contributed by atoms with van der Waals surface area (Å²) in [5, 5.41) is 13.9. The Bertz CT molecular complexity index is 1600. The van der Waals surface area contributed by atoms with Gasteiger partial charge in [0, 0.05) is 29.9 Å². The highest BCUT2D eigenvalue weighted by atomic mass is 16.1. The lowest BCUT2D eigenvalue weighted by atomic mass is 10.0. The summed E-state index contributed by atoms with van der Waals surface area (Å²) >= 11 is 0. The quantitative estimate of drug-likeness (QED) is 0.390. The molecule has 36 heavy (non-hydrogen) atoms. The van der Waals surface area contributed by atoms with Crippen LogP contribution in [-0.4, -0.2) is 31.7 Å². The number of fused-ring (bicyclic) bond motifs is 2. The highest BCUT2D eigenvalue weighted by Gasteiger charge is 2.34. The van der Waals surface area contributed by atoms with Crippen LogP contribution >= 0.6 is 0 Å². The number of anilines is 1. The summed E-state index contributed by atoms with van der Waals surface area (Å²) in [6.45, 7) is 5.58. The van der Waals surface area contributed by atoms with E-state index in [0.29, 0.717) is 17.9 Å². The van der Waals surface area contributed by atoms with E-state index in [4.69, 9.17) is 0 Å². The molecule has 0 fully saturated rings. The number of aromatic nitrogens is 5. The molecule has 1 aliphatic heterocycles. The van der Waals surface area contributed by atoms with E-state index in [0.717, 1.165) is 41.5 Å². The molecular formula is C29H28N6O. The van der Waals surface area contributed by atoms with E-state index in [-0.39, 0.29) is 5.56 Å². The molecule has 1 unspecified atom stereocenters. The van der Waals surface area contributed by atoms with Gasteiger partial charge in [-0.05, 0) is 89.0 Å². The molecule has 0 radical (unpaired) electrons. The SMILES string of the molecule is Cc1cc2cc(C(c3nnnn3CCc3ccccc3)N3CCc4ccccc43)c(=O)[nH]c2cc1C. The van der Waals surface area contributed by atoms with Gasteiger partial charge in [-0.1, -0.05) is 48.5 Å². The molecule has 1 aliphatic rings. The first kappa shape index (κ1) is 22.2. The standard InChI is InChI=1S/C29H28N6O/c1-19-16-23-18-24(29(36)30-25(23)17-20(19)2)27(34-14-13-22-10-6-7-11-26(22)34)28-31-32-33-35(28)15-12-21-8-4-3-5-9-21/h3-11,16-18,27H,12-15H2,1-2H3,(H,30,36). The number of tetrazole rings is 1. The van der Waals surface area contributed by atoms with Crippen molar-refractivity contribution in [3.05, 3.63) is 117 Å². The zero-order valence-electron chi connectivity index (χ0n) is 20.5. The van der Waals surface area contributed by atoms with Gasteiger partial charge in [-0.25, -0.2) is 4.68 Å². The second kappa shape index (κ2) is 9.07. The van der Waals surface area contributed by atoms with Crippen LogP contribution < -0.4 is 10.5 Å². The molecule has 6 rings (SSSR count). The minimum atomic E-state index is -0.408. The molecule has 7 nitrogen and oxygen atoms in total. The summed E-state index contributed by atoms with van der Waals surface area (Å²) in [7, 11) is 0. The van der Waals surface area contributed by atoms with Gasteiger partial charge in [0.15, 0.2) is 5.82 Å². The molecule has 0 saturated heterocycles. The number of H-pyrrole nitrogens is 1. The minimum Gasteiger partial charge on any atom is -0.357 e. The molecule has 0 amide bonds. The van der Waals surface area contributed by atoms with E-state index in [9.17, 15) is 4.79 Å². The Morgan fingerprint density at radius 2 is 1.75 bits per heavy atom.